The number of aliphatic carboxylic acids is 1. The van der Waals surface area contributed by atoms with E-state index in [9.17, 15) is 4.79 Å². The average molecular weight is 235 g/mol. The van der Waals surface area contributed by atoms with Crippen molar-refractivity contribution in [3.63, 3.8) is 0 Å². The number of hydrogen-bond acceptors (Lipinski definition) is 4. The number of rotatable bonds is 3. The highest BCUT2D eigenvalue weighted by atomic mass is 35.5. The van der Waals surface area contributed by atoms with Crippen LogP contribution in [0.2, 0.25) is 5.15 Å². The first-order valence-electron chi connectivity index (χ1n) is 3.94. The normalized spacial score (nSPS) is 11.4. The van der Waals surface area contributed by atoms with E-state index in [2.05, 4.69) is 4.98 Å². The van der Waals surface area contributed by atoms with E-state index in [1.54, 1.807) is 31.2 Å². The Balaban J connectivity index is 2.95. The van der Waals surface area contributed by atoms with Gasteiger partial charge in [0.05, 0.1) is 0 Å². The number of carbonyl (C=O) groups is 1. The van der Waals surface area contributed by atoms with Crippen LogP contribution in [-0.2, 0) is 4.79 Å². The zero-order chi connectivity index (χ0) is 10.9. The number of thiazole rings is 1. The predicted molar refractivity (Wildman–Crippen MR) is 57.2 cm³/mol. The number of anilines is 1. The summed E-state index contributed by atoms with van der Waals surface area (Å²) in [6.07, 6.45) is 0. The third-order valence-electron chi connectivity index (χ3n) is 2.11. The van der Waals surface area contributed by atoms with Gasteiger partial charge in [-0.05, 0) is 13.8 Å². The molecule has 1 N–H and O–H groups in total. The first-order chi connectivity index (χ1) is 6.35. The Morgan fingerprint density at radius 3 is 2.64 bits per heavy atom. The summed E-state index contributed by atoms with van der Waals surface area (Å²) >= 11 is 6.98. The molecular formula is C8H11ClN2O2S. The number of aromatic nitrogens is 1. The van der Waals surface area contributed by atoms with Gasteiger partial charge < -0.3 is 10.0 Å². The van der Waals surface area contributed by atoms with Gasteiger partial charge in [0.2, 0.25) is 0 Å². The zero-order valence-corrected chi connectivity index (χ0v) is 9.69. The molecule has 0 aliphatic rings. The molecule has 0 atom stereocenters. The third-order valence-corrected chi connectivity index (χ3v) is 3.35. The lowest BCUT2D eigenvalue weighted by Gasteiger charge is -2.30. The first-order valence-corrected chi connectivity index (χ1v) is 5.19. The van der Waals surface area contributed by atoms with Gasteiger partial charge in [-0.1, -0.05) is 11.6 Å². The minimum Gasteiger partial charge on any atom is -0.480 e. The van der Waals surface area contributed by atoms with Crippen molar-refractivity contribution in [3.8, 4) is 0 Å². The Bertz CT molecular complexity index is 351. The van der Waals surface area contributed by atoms with Gasteiger partial charge in [0, 0.05) is 12.4 Å². The molecule has 0 unspecified atom stereocenters. The van der Waals surface area contributed by atoms with E-state index in [4.69, 9.17) is 16.7 Å². The molecule has 0 fully saturated rings. The van der Waals surface area contributed by atoms with E-state index in [1.807, 2.05) is 0 Å². The van der Waals surface area contributed by atoms with Gasteiger partial charge in [-0.25, -0.2) is 9.78 Å². The van der Waals surface area contributed by atoms with Crippen molar-refractivity contribution in [2.45, 2.75) is 19.4 Å². The van der Waals surface area contributed by atoms with Gasteiger partial charge in [0.1, 0.15) is 10.7 Å². The maximum atomic E-state index is 10.9. The van der Waals surface area contributed by atoms with Crippen LogP contribution in [0.3, 0.4) is 0 Å². The maximum Gasteiger partial charge on any atom is 0.329 e. The molecule has 0 amide bonds. The summed E-state index contributed by atoms with van der Waals surface area (Å²) in [6, 6.07) is 0. The zero-order valence-electron chi connectivity index (χ0n) is 8.11. The molecule has 6 heteroatoms. The Labute approximate surface area is 91.1 Å². The second-order valence-corrected chi connectivity index (χ2v) is 4.60. The van der Waals surface area contributed by atoms with E-state index in [1.165, 1.54) is 11.3 Å². The summed E-state index contributed by atoms with van der Waals surface area (Å²) in [4.78, 5) is 16.5. The van der Waals surface area contributed by atoms with Crippen LogP contribution >= 0.6 is 22.9 Å². The molecule has 0 radical (unpaired) electrons. The summed E-state index contributed by atoms with van der Waals surface area (Å²) in [7, 11) is 1.68. The molecular weight excluding hydrogens is 224 g/mol. The van der Waals surface area contributed by atoms with Crippen LogP contribution in [0, 0.1) is 0 Å². The molecule has 0 bridgehead atoms. The van der Waals surface area contributed by atoms with Crippen molar-refractivity contribution in [3.05, 3.63) is 10.5 Å². The fraction of sp³-hybridized carbons (Fsp3) is 0.500. The second kappa shape index (κ2) is 3.74. The standard InChI is InChI=1S/C8H11ClN2O2S/c1-8(2,6(12)13)11(3)7-10-5(9)4-14-7/h4H,1-3H3,(H,12,13). The lowest BCUT2D eigenvalue weighted by atomic mass is 10.1. The Morgan fingerprint density at radius 2 is 2.29 bits per heavy atom. The van der Waals surface area contributed by atoms with Crippen LogP contribution in [0.5, 0.6) is 0 Å². The maximum absolute atomic E-state index is 10.9. The Kier molecular flexibility index (Phi) is 3.01. The fourth-order valence-corrected chi connectivity index (χ4v) is 1.84. The smallest absolute Gasteiger partial charge is 0.329 e. The molecule has 1 rings (SSSR count). The van der Waals surface area contributed by atoms with Crippen molar-refractivity contribution in [1.82, 2.24) is 4.98 Å². The topological polar surface area (TPSA) is 53.4 Å². The molecule has 0 saturated heterocycles. The van der Waals surface area contributed by atoms with Crippen molar-refractivity contribution in [2.24, 2.45) is 0 Å². The summed E-state index contributed by atoms with van der Waals surface area (Å²) < 4.78 is 0. The van der Waals surface area contributed by atoms with Gasteiger partial charge in [-0.2, -0.15) is 0 Å². The molecule has 0 saturated carbocycles. The van der Waals surface area contributed by atoms with Gasteiger partial charge in [0.25, 0.3) is 0 Å². The van der Waals surface area contributed by atoms with Gasteiger partial charge in [-0.3, -0.25) is 0 Å². The van der Waals surface area contributed by atoms with Crippen LogP contribution < -0.4 is 4.90 Å². The van der Waals surface area contributed by atoms with Crippen LogP contribution in [0.4, 0.5) is 5.13 Å². The van der Waals surface area contributed by atoms with Crippen LogP contribution in [0.25, 0.3) is 0 Å². The monoisotopic (exact) mass is 234 g/mol. The van der Waals surface area contributed by atoms with E-state index >= 15 is 0 Å². The predicted octanol–water partition coefficient (Wildman–Crippen LogP) is 2.10. The molecule has 0 aromatic carbocycles. The largest absolute Gasteiger partial charge is 0.480 e. The van der Waals surface area contributed by atoms with Crippen molar-refractivity contribution >= 4 is 34.0 Å². The summed E-state index contributed by atoms with van der Waals surface area (Å²) in [5.41, 5.74) is -0.985. The molecule has 0 aliphatic carbocycles. The molecule has 0 spiro atoms. The first kappa shape index (κ1) is 11.3. The number of carboxylic acids is 1. The van der Waals surface area contributed by atoms with Crippen LogP contribution in [-0.4, -0.2) is 28.6 Å². The van der Waals surface area contributed by atoms with Crippen molar-refractivity contribution in [1.29, 1.82) is 0 Å². The minimum absolute atomic E-state index is 0.387. The Morgan fingerprint density at radius 1 is 1.71 bits per heavy atom. The molecule has 1 aromatic heterocycles. The van der Waals surface area contributed by atoms with E-state index in [0.29, 0.717) is 10.3 Å². The van der Waals surface area contributed by atoms with Crippen LogP contribution in [0.1, 0.15) is 13.8 Å². The highest BCUT2D eigenvalue weighted by Crippen LogP contribution is 2.27. The lowest BCUT2D eigenvalue weighted by Crippen LogP contribution is -2.48. The van der Waals surface area contributed by atoms with Crippen LogP contribution in [0.15, 0.2) is 5.38 Å². The van der Waals surface area contributed by atoms with E-state index in [-0.39, 0.29) is 0 Å². The number of nitrogens with zero attached hydrogens (tertiary/aromatic N) is 2. The average Bonchev–Trinajstić information content (AvgIpc) is 2.50. The van der Waals surface area contributed by atoms with Gasteiger partial charge in [0.15, 0.2) is 5.13 Å². The summed E-state index contributed by atoms with van der Waals surface area (Å²) in [5.74, 6) is -0.897. The summed E-state index contributed by atoms with van der Waals surface area (Å²) in [6.45, 7) is 3.23. The number of hydrogen-bond donors (Lipinski definition) is 1. The third kappa shape index (κ3) is 1.99. The molecule has 0 aliphatic heterocycles. The SMILES string of the molecule is CN(c1nc(Cl)cs1)C(C)(C)C(=O)O. The summed E-state index contributed by atoms with van der Waals surface area (Å²) in [5, 5.41) is 11.6. The molecule has 14 heavy (non-hydrogen) atoms. The van der Waals surface area contributed by atoms with Gasteiger partial charge in [-0.15, -0.1) is 11.3 Å². The van der Waals surface area contributed by atoms with Crippen molar-refractivity contribution < 1.29 is 9.90 Å². The second-order valence-electron chi connectivity index (χ2n) is 3.38. The molecule has 1 heterocycles. The number of halogens is 1. The van der Waals surface area contributed by atoms with E-state index < -0.39 is 11.5 Å². The highest BCUT2D eigenvalue weighted by Gasteiger charge is 2.33. The molecule has 78 valence electrons. The molecule has 4 nitrogen and oxygen atoms in total. The number of carboxylic acid groups (broad SMARTS) is 1. The minimum atomic E-state index is -0.985. The Hall–Kier alpha value is -0.810. The number of likely N-dealkylation sites (N-methyl/N-ethyl adjacent to an activating group) is 1. The highest BCUT2D eigenvalue weighted by molar-refractivity contribution is 7.14. The van der Waals surface area contributed by atoms with Gasteiger partial charge >= 0.3 is 5.97 Å². The fourth-order valence-electron chi connectivity index (χ4n) is 0.782. The van der Waals surface area contributed by atoms with Crippen molar-refractivity contribution in [2.75, 3.05) is 11.9 Å². The van der Waals surface area contributed by atoms with E-state index in [0.717, 1.165) is 0 Å². The lowest BCUT2D eigenvalue weighted by molar-refractivity contribution is -0.142. The molecule has 1 aromatic rings. The quantitative estimate of drug-likeness (QED) is 0.870.